The van der Waals surface area contributed by atoms with E-state index in [-0.39, 0.29) is 21.2 Å². The van der Waals surface area contributed by atoms with Gasteiger partial charge in [-0.05, 0) is 27.1 Å². The van der Waals surface area contributed by atoms with Crippen LogP contribution in [0.15, 0.2) is 4.90 Å². The van der Waals surface area contributed by atoms with E-state index in [0.29, 0.717) is 11.5 Å². The number of anilines is 2. The van der Waals surface area contributed by atoms with Crippen LogP contribution in [-0.4, -0.2) is 46.3 Å². The van der Waals surface area contributed by atoms with Crippen LogP contribution >= 0.6 is 11.3 Å². The average molecular weight is 316 g/mol. The summed E-state index contributed by atoms with van der Waals surface area (Å²) in [5, 5.41) is 12.5. The summed E-state index contributed by atoms with van der Waals surface area (Å²) >= 11 is 1.10. The van der Waals surface area contributed by atoms with E-state index in [1.165, 1.54) is 0 Å². The first-order valence-electron chi connectivity index (χ1n) is 6.27. The van der Waals surface area contributed by atoms with Crippen molar-refractivity contribution in [3.63, 3.8) is 0 Å². The normalized spacial score (nSPS) is 11.6. The van der Waals surface area contributed by atoms with E-state index in [9.17, 15) is 8.42 Å². The molecule has 1 aromatic rings. The summed E-state index contributed by atoms with van der Waals surface area (Å²) < 4.78 is 24.2. The number of nitrogen functional groups attached to an aromatic ring is 1. The zero-order valence-corrected chi connectivity index (χ0v) is 13.6. The van der Waals surface area contributed by atoms with Gasteiger partial charge in [0.1, 0.15) is 20.8 Å². The molecule has 0 aliphatic carbocycles. The topological polar surface area (TPSA) is 99.2 Å². The Labute approximate surface area is 124 Å². The van der Waals surface area contributed by atoms with Crippen molar-refractivity contribution in [1.82, 2.24) is 4.90 Å². The lowest BCUT2D eigenvalue weighted by Crippen LogP contribution is -2.17. The number of rotatable bonds is 7. The van der Waals surface area contributed by atoms with Gasteiger partial charge in [0.25, 0.3) is 0 Å². The molecule has 20 heavy (non-hydrogen) atoms. The van der Waals surface area contributed by atoms with Gasteiger partial charge in [-0.3, -0.25) is 0 Å². The summed E-state index contributed by atoms with van der Waals surface area (Å²) in [6, 6.07) is 1.94. The monoisotopic (exact) mass is 316 g/mol. The molecule has 0 bridgehead atoms. The van der Waals surface area contributed by atoms with Crippen LogP contribution in [0.3, 0.4) is 0 Å². The highest BCUT2D eigenvalue weighted by Gasteiger charge is 2.25. The summed E-state index contributed by atoms with van der Waals surface area (Å²) in [5.41, 5.74) is 5.85. The van der Waals surface area contributed by atoms with Crippen molar-refractivity contribution in [3.05, 3.63) is 4.88 Å². The molecule has 0 atom stereocenters. The summed E-state index contributed by atoms with van der Waals surface area (Å²) in [7, 11) is 0.511. The molecule has 0 radical (unpaired) electrons. The fraction of sp³-hybridized carbons (Fsp3) is 0.583. The molecule has 0 saturated heterocycles. The van der Waals surface area contributed by atoms with Crippen LogP contribution in [0.5, 0.6) is 0 Å². The van der Waals surface area contributed by atoms with Crippen LogP contribution in [0.2, 0.25) is 0 Å². The van der Waals surface area contributed by atoms with Crippen molar-refractivity contribution >= 4 is 31.9 Å². The molecule has 0 amide bonds. The van der Waals surface area contributed by atoms with Crippen molar-refractivity contribution in [2.24, 2.45) is 0 Å². The first kappa shape index (κ1) is 16.8. The van der Waals surface area contributed by atoms with Gasteiger partial charge in [0.2, 0.25) is 0 Å². The molecule has 6 nitrogen and oxygen atoms in total. The lowest BCUT2D eigenvalue weighted by Gasteiger charge is -2.11. The van der Waals surface area contributed by atoms with Crippen LogP contribution in [0.1, 0.15) is 18.2 Å². The summed E-state index contributed by atoms with van der Waals surface area (Å²) in [5.74, 6) is -0.0365. The molecule has 0 fully saturated rings. The molecule has 0 unspecified atom stereocenters. The maximum Gasteiger partial charge on any atom is 0.183 e. The Hall–Kier alpha value is -1.30. The number of hydrogen-bond acceptors (Lipinski definition) is 7. The van der Waals surface area contributed by atoms with E-state index >= 15 is 0 Å². The number of nitrogens with two attached hydrogens (primary N) is 1. The van der Waals surface area contributed by atoms with Crippen LogP contribution in [-0.2, 0) is 9.84 Å². The van der Waals surface area contributed by atoms with Crippen molar-refractivity contribution in [2.75, 3.05) is 44.0 Å². The minimum atomic E-state index is -3.44. The smallest absolute Gasteiger partial charge is 0.183 e. The fourth-order valence-electron chi connectivity index (χ4n) is 1.68. The Kier molecular flexibility index (Phi) is 5.80. The Bertz CT molecular complexity index is 600. The Morgan fingerprint density at radius 1 is 1.45 bits per heavy atom. The molecule has 8 heteroatoms. The van der Waals surface area contributed by atoms with Gasteiger partial charge in [-0.25, -0.2) is 8.42 Å². The van der Waals surface area contributed by atoms with E-state index < -0.39 is 9.84 Å². The van der Waals surface area contributed by atoms with Crippen LogP contribution in [0.25, 0.3) is 0 Å². The Balaban J connectivity index is 2.99. The van der Waals surface area contributed by atoms with Gasteiger partial charge in [0, 0.05) is 6.54 Å². The molecule has 3 N–H and O–H groups in total. The third-order valence-corrected chi connectivity index (χ3v) is 5.76. The molecule has 0 aromatic carbocycles. The van der Waals surface area contributed by atoms with E-state index in [2.05, 4.69) is 10.2 Å². The SMILES string of the molecule is CCS(=O)(=O)c1c(NCCCN(C)C)sc(C#N)c1N. The van der Waals surface area contributed by atoms with Crippen LogP contribution in [0.4, 0.5) is 10.7 Å². The minimum absolute atomic E-state index is 0.0365. The summed E-state index contributed by atoms with van der Waals surface area (Å²) in [4.78, 5) is 2.37. The molecule has 0 spiro atoms. The highest BCUT2D eigenvalue weighted by Crippen LogP contribution is 2.39. The van der Waals surface area contributed by atoms with E-state index in [0.717, 1.165) is 24.3 Å². The lowest BCUT2D eigenvalue weighted by molar-refractivity contribution is 0.405. The average Bonchev–Trinajstić information content (AvgIpc) is 2.71. The van der Waals surface area contributed by atoms with Crippen molar-refractivity contribution in [1.29, 1.82) is 5.26 Å². The van der Waals surface area contributed by atoms with Crippen molar-refractivity contribution in [2.45, 2.75) is 18.2 Å². The molecule has 0 saturated carbocycles. The molecule has 112 valence electrons. The molecular formula is C12H20N4O2S2. The third-order valence-electron chi connectivity index (χ3n) is 2.76. The summed E-state index contributed by atoms with van der Waals surface area (Å²) in [6.45, 7) is 3.10. The highest BCUT2D eigenvalue weighted by molar-refractivity contribution is 7.91. The van der Waals surface area contributed by atoms with E-state index in [4.69, 9.17) is 11.0 Å². The molecule has 0 aliphatic heterocycles. The Morgan fingerprint density at radius 2 is 2.10 bits per heavy atom. The molecule has 0 aliphatic rings. The third kappa shape index (κ3) is 3.85. The molecule has 1 heterocycles. The van der Waals surface area contributed by atoms with Gasteiger partial charge >= 0.3 is 0 Å². The van der Waals surface area contributed by atoms with Gasteiger partial charge in [0.15, 0.2) is 9.84 Å². The predicted molar refractivity (Wildman–Crippen MR) is 82.8 cm³/mol. The minimum Gasteiger partial charge on any atom is -0.396 e. The number of nitrogens with one attached hydrogen (secondary N) is 1. The summed E-state index contributed by atoms with van der Waals surface area (Å²) in [6.07, 6.45) is 0.873. The molecular weight excluding hydrogens is 296 g/mol. The zero-order valence-electron chi connectivity index (χ0n) is 11.9. The fourth-order valence-corrected chi connectivity index (χ4v) is 4.17. The quantitative estimate of drug-likeness (QED) is 0.737. The van der Waals surface area contributed by atoms with Gasteiger partial charge in [-0.1, -0.05) is 6.92 Å². The van der Waals surface area contributed by atoms with E-state index in [1.807, 2.05) is 20.2 Å². The van der Waals surface area contributed by atoms with E-state index in [1.54, 1.807) is 6.92 Å². The largest absolute Gasteiger partial charge is 0.396 e. The number of sulfone groups is 1. The number of nitrogens with zero attached hydrogens (tertiary/aromatic N) is 2. The zero-order chi connectivity index (χ0) is 15.3. The first-order chi connectivity index (χ1) is 9.33. The molecule has 1 aromatic heterocycles. The lowest BCUT2D eigenvalue weighted by atomic mass is 10.4. The van der Waals surface area contributed by atoms with Crippen molar-refractivity contribution < 1.29 is 8.42 Å². The van der Waals surface area contributed by atoms with Gasteiger partial charge in [-0.2, -0.15) is 5.26 Å². The number of thiophene rings is 1. The van der Waals surface area contributed by atoms with Crippen molar-refractivity contribution in [3.8, 4) is 6.07 Å². The molecule has 1 rings (SSSR count). The highest BCUT2D eigenvalue weighted by atomic mass is 32.2. The van der Waals surface area contributed by atoms with Gasteiger partial charge in [-0.15, -0.1) is 11.3 Å². The number of nitriles is 1. The van der Waals surface area contributed by atoms with Gasteiger partial charge < -0.3 is 16.0 Å². The first-order valence-corrected chi connectivity index (χ1v) is 8.74. The second-order valence-corrected chi connectivity index (χ2v) is 7.84. The van der Waals surface area contributed by atoms with Crippen LogP contribution < -0.4 is 11.1 Å². The maximum atomic E-state index is 12.1. The standard InChI is InChI=1S/C12H20N4O2S2/c1-4-20(17,18)11-10(14)9(8-13)19-12(11)15-6-5-7-16(2)3/h15H,4-7,14H2,1-3H3. The maximum absolute atomic E-state index is 12.1. The van der Waals surface area contributed by atoms with Crippen LogP contribution in [0, 0.1) is 11.3 Å². The Morgan fingerprint density at radius 3 is 2.60 bits per heavy atom. The second-order valence-electron chi connectivity index (χ2n) is 4.60. The second kappa shape index (κ2) is 6.92. The number of hydrogen-bond donors (Lipinski definition) is 2. The predicted octanol–water partition coefficient (Wildman–Crippen LogP) is 1.36. The van der Waals surface area contributed by atoms with Gasteiger partial charge in [0.05, 0.1) is 11.4 Å².